The first-order chi connectivity index (χ1) is 10.6. The van der Waals surface area contributed by atoms with Crippen LogP contribution in [0.3, 0.4) is 0 Å². The second-order valence-electron chi connectivity index (χ2n) is 5.62. The van der Waals surface area contributed by atoms with Crippen molar-refractivity contribution < 1.29 is 9.90 Å². The predicted octanol–water partition coefficient (Wildman–Crippen LogP) is 3.26. The molecule has 0 aliphatic rings. The molecule has 0 radical (unpaired) electrons. The lowest BCUT2D eigenvalue weighted by molar-refractivity contribution is -0.116. The fraction of sp³-hybridized carbons (Fsp3) is 0.316. The average molecular weight is 297 g/mol. The third-order valence-corrected chi connectivity index (χ3v) is 3.76. The number of aryl methyl sites for hydroxylation is 1. The summed E-state index contributed by atoms with van der Waals surface area (Å²) in [5, 5.41) is 10.0. The number of benzene rings is 2. The molecule has 2 rings (SSSR count). The van der Waals surface area contributed by atoms with Crippen molar-refractivity contribution in [3.63, 3.8) is 0 Å². The number of ketones is 1. The third-order valence-electron chi connectivity index (χ3n) is 3.76. The quantitative estimate of drug-likeness (QED) is 0.824. The standard InChI is InChI=1S/C19H23NO2/c1-14(21)5-6-15-7-9-16(10-8-15)17-3-2-4-18(13-17)19(22)11-12-20/h2-4,7-10,13,19,22H,5-6,11-12,20H2,1H3. The molecule has 2 aromatic rings. The molecule has 0 saturated carbocycles. The van der Waals surface area contributed by atoms with Crippen LogP contribution in [0.15, 0.2) is 48.5 Å². The normalized spacial score (nSPS) is 12.1. The maximum atomic E-state index is 11.0. The van der Waals surface area contributed by atoms with Crippen LogP contribution >= 0.6 is 0 Å². The summed E-state index contributed by atoms with van der Waals surface area (Å²) < 4.78 is 0. The summed E-state index contributed by atoms with van der Waals surface area (Å²) in [5.41, 5.74) is 9.74. The Kier molecular flexibility index (Phi) is 5.87. The van der Waals surface area contributed by atoms with Crippen molar-refractivity contribution in [2.75, 3.05) is 6.54 Å². The maximum absolute atomic E-state index is 11.0. The van der Waals surface area contributed by atoms with Crippen molar-refractivity contribution in [1.29, 1.82) is 0 Å². The molecule has 22 heavy (non-hydrogen) atoms. The van der Waals surface area contributed by atoms with Crippen molar-refractivity contribution in [3.05, 3.63) is 59.7 Å². The summed E-state index contributed by atoms with van der Waals surface area (Å²) >= 11 is 0. The van der Waals surface area contributed by atoms with E-state index < -0.39 is 6.10 Å². The molecule has 0 aromatic heterocycles. The van der Waals surface area contributed by atoms with Gasteiger partial charge < -0.3 is 15.6 Å². The van der Waals surface area contributed by atoms with Crippen LogP contribution in [-0.4, -0.2) is 17.4 Å². The number of Topliss-reactive ketones (excluding diaryl/α,β-unsaturated/α-hetero) is 1. The number of hydrogen-bond donors (Lipinski definition) is 2. The molecule has 0 heterocycles. The smallest absolute Gasteiger partial charge is 0.130 e. The Morgan fingerprint density at radius 3 is 2.50 bits per heavy atom. The molecule has 1 atom stereocenters. The third kappa shape index (κ3) is 4.52. The molecule has 0 fully saturated rings. The fourth-order valence-corrected chi connectivity index (χ4v) is 2.43. The molecule has 116 valence electrons. The van der Waals surface area contributed by atoms with Gasteiger partial charge in [-0.3, -0.25) is 0 Å². The molecular formula is C19H23NO2. The number of rotatable bonds is 7. The number of carbonyl (C=O) groups excluding carboxylic acids is 1. The number of aliphatic hydroxyl groups excluding tert-OH is 1. The molecule has 0 spiro atoms. The average Bonchev–Trinajstić information content (AvgIpc) is 2.54. The van der Waals surface area contributed by atoms with Crippen LogP contribution in [-0.2, 0) is 11.2 Å². The minimum absolute atomic E-state index is 0.214. The van der Waals surface area contributed by atoms with Gasteiger partial charge in [-0.1, -0.05) is 42.5 Å². The zero-order valence-corrected chi connectivity index (χ0v) is 13.0. The van der Waals surface area contributed by atoms with Gasteiger partial charge in [-0.05, 0) is 54.6 Å². The molecular weight excluding hydrogens is 274 g/mol. The number of hydrogen-bond acceptors (Lipinski definition) is 3. The molecule has 0 aliphatic heterocycles. The monoisotopic (exact) mass is 297 g/mol. The van der Waals surface area contributed by atoms with Crippen molar-refractivity contribution in [1.82, 2.24) is 0 Å². The highest BCUT2D eigenvalue weighted by Crippen LogP contribution is 2.25. The van der Waals surface area contributed by atoms with Crippen molar-refractivity contribution in [2.45, 2.75) is 32.3 Å². The number of aliphatic hydroxyl groups is 1. The first kappa shape index (κ1) is 16.4. The summed E-state index contributed by atoms with van der Waals surface area (Å²) in [6, 6.07) is 16.1. The first-order valence-corrected chi connectivity index (χ1v) is 7.67. The van der Waals surface area contributed by atoms with Crippen LogP contribution in [0.4, 0.5) is 0 Å². The van der Waals surface area contributed by atoms with Crippen molar-refractivity contribution in [3.8, 4) is 11.1 Å². The summed E-state index contributed by atoms with van der Waals surface area (Å²) in [5.74, 6) is 0.214. The van der Waals surface area contributed by atoms with Crippen LogP contribution in [0, 0.1) is 0 Å². The van der Waals surface area contributed by atoms with Crippen LogP contribution in [0.25, 0.3) is 11.1 Å². The summed E-state index contributed by atoms with van der Waals surface area (Å²) in [4.78, 5) is 11.0. The van der Waals surface area contributed by atoms with Crippen molar-refractivity contribution >= 4 is 5.78 Å². The highest BCUT2D eigenvalue weighted by molar-refractivity contribution is 5.75. The second kappa shape index (κ2) is 7.87. The molecule has 3 N–H and O–H groups in total. The van der Waals surface area contributed by atoms with E-state index in [0.29, 0.717) is 19.4 Å². The minimum atomic E-state index is -0.514. The van der Waals surface area contributed by atoms with Gasteiger partial charge in [0.15, 0.2) is 0 Å². The van der Waals surface area contributed by atoms with Gasteiger partial charge >= 0.3 is 0 Å². The van der Waals surface area contributed by atoms with Crippen LogP contribution < -0.4 is 5.73 Å². The fourth-order valence-electron chi connectivity index (χ4n) is 2.43. The zero-order valence-electron chi connectivity index (χ0n) is 13.0. The van der Waals surface area contributed by atoms with E-state index in [2.05, 4.69) is 24.3 Å². The Morgan fingerprint density at radius 1 is 1.14 bits per heavy atom. The summed E-state index contributed by atoms with van der Waals surface area (Å²) in [7, 11) is 0. The van der Waals surface area contributed by atoms with E-state index in [1.807, 2.05) is 24.3 Å². The van der Waals surface area contributed by atoms with E-state index in [0.717, 1.165) is 23.1 Å². The Hall–Kier alpha value is -1.97. The minimum Gasteiger partial charge on any atom is -0.388 e. The van der Waals surface area contributed by atoms with E-state index in [1.54, 1.807) is 6.92 Å². The topological polar surface area (TPSA) is 63.3 Å². The Morgan fingerprint density at radius 2 is 1.86 bits per heavy atom. The van der Waals surface area contributed by atoms with E-state index in [9.17, 15) is 9.90 Å². The van der Waals surface area contributed by atoms with Crippen molar-refractivity contribution in [2.24, 2.45) is 5.73 Å². The van der Waals surface area contributed by atoms with Gasteiger partial charge in [0.2, 0.25) is 0 Å². The highest BCUT2D eigenvalue weighted by atomic mass is 16.3. The van der Waals surface area contributed by atoms with Gasteiger partial charge in [-0.25, -0.2) is 0 Å². The van der Waals surface area contributed by atoms with E-state index in [1.165, 1.54) is 5.56 Å². The van der Waals surface area contributed by atoms with Gasteiger partial charge in [-0.15, -0.1) is 0 Å². The second-order valence-corrected chi connectivity index (χ2v) is 5.62. The predicted molar refractivity (Wildman–Crippen MR) is 89.5 cm³/mol. The number of carbonyl (C=O) groups is 1. The van der Waals surface area contributed by atoms with Gasteiger partial charge in [0.1, 0.15) is 5.78 Å². The Bertz CT molecular complexity index is 620. The molecule has 3 nitrogen and oxygen atoms in total. The van der Waals surface area contributed by atoms with Gasteiger partial charge in [0.25, 0.3) is 0 Å². The number of nitrogens with two attached hydrogens (primary N) is 1. The Balaban J connectivity index is 2.14. The maximum Gasteiger partial charge on any atom is 0.130 e. The molecule has 0 amide bonds. The molecule has 0 saturated heterocycles. The van der Waals surface area contributed by atoms with E-state index in [4.69, 9.17) is 5.73 Å². The first-order valence-electron chi connectivity index (χ1n) is 7.67. The Labute approximate surface area is 131 Å². The van der Waals surface area contributed by atoms with Crippen LogP contribution in [0.5, 0.6) is 0 Å². The lowest BCUT2D eigenvalue weighted by atomic mass is 9.98. The van der Waals surface area contributed by atoms with Gasteiger partial charge in [0, 0.05) is 6.42 Å². The van der Waals surface area contributed by atoms with Gasteiger partial charge in [0.05, 0.1) is 6.10 Å². The summed E-state index contributed by atoms with van der Waals surface area (Å²) in [6.45, 7) is 2.09. The lowest BCUT2D eigenvalue weighted by Crippen LogP contribution is -2.06. The molecule has 0 aliphatic carbocycles. The van der Waals surface area contributed by atoms with Crippen LogP contribution in [0.1, 0.15) is 37.0 Å². The molecule has 1 unspecified atom stereocenters. The van der Waals surface area contributed by atoms with Crippen LogP contribution in [0.2, 0.25) is 0 Å². The highest BCUT2D eigenvalue weighted by Gasteiger charge is 2.07. The van der Waals surface area contributed by atoms with Gasteiger partial charge in [-0.2, -0.15) is 0 Å². The SMILES string of the molecule is CC(=O)CCc1ccc(-c2cccc(C(O)CCN)c2)cc1. The largest absolute Gasteiger partial charge is 0.388 e. The molecule has 2 aromatic carbocycles. The summed E-state index contributed by atoms with van der Waals surface area (Å²) in [6.07, 6.45) is 1.41. The van der Waals surface area contributed by atoms with E-state index >= 15 is 0 Å². The van der Waals surface area contributed by atoms with E-state index in [-0.39, 0.29) is 5.78 Å². The molecule has 3 heteroatoms. The zero-order chi connectivity index (χ0) is 15.9. The lowest BCUT2D eigenvalue weighted by Gasteiger charge is -2.11. The molecule has 0 bridgehead atoms.